The average Bonchev–Trinajstić information content (AvgIpc) is 3.07. The van der Waals surface area contributed by atoms with Crippen molar-refractivity contribution in [1.82, 2.24) is 14.7 Å². The van der Waals surface area contributed by atoms with Gasteiger partial charge in [-0.25, -0.2) is 4.68 Å². The lowest BCUT2D eigenvalue weighted by molar-refractivity contribution is -0.137. The van der Waals surface area contributed by atoms with Crippen molar-refractivity contribution in [1.29, 1.82) is 0 Å². The average molecular weight is 428 g/mol. The zero-order valence-corrected chi connectivity index (χ0v) is 17.4. The molecule has 1 fully saturated rings. The van der Waals surface area contributed by atoms with Gasteiger partial charge in [0, 0.05) is 31.9 Å². The molecule has 0 radical (unpaired) electrons. The van der Waals surface area contributed by atoms with Crippen molar-refractivity contribution < 1.29 is 18.0 Å². The minimum Gasteiger partial charge on any atom is -0.367 e. The van der Waals surface area contributed by atoms with E-state index in [9.17, 15) is 18.0 Å². The fourth-order valence-corrected chi connectivity index (χ4v) is 4.07. The second kappa shape index (κ2) is 8.09. The van der Waals surface area contributed by atoms with Gasteiger partial charge in [-0.2, -0.15) is 18.3 Å². The fourth-order valence-electron chi connectivity index (χ4n) is 4.07. The molecule has 1 aromatic heterocycles. The number of alkyl halides is 3. The van der Waals surface area contributed by atoms with Crippen molar-refractivity contribution in [2.24, 2.45) is 0 Å². The van der Waals surface area contributed by atoms with E-state index in [2.05, 4.69) is 5.10 Å². The number of anilines is 1. The van der Waals surface area contributed by atoms with Crippen LogP contribution >= 0.6 is 0 Å². The standard InChI is InChI=1S/C23H23F3N4O/c1-16-21(17(2)30(27-16)18-8-4-3-5-9-18)22(31)29-14-12-28(13-15-29)20-11-7-6-10-19(20)23(24,25)26/h3-11H,12-15H2,1-2H3. The maximum Gasteiger partial charge on any atom is 0.418 e. The molecule has 2 heterocycles. The smallest absolute Gasteiger partial charge is 0.367 e. The number of nitrogens with zero attached hydrogens (tertiary/aromatic N) is 4. The van der Waals surface area contributed by atoms with E-state index in [0.717, 1.165) is 17.4 Å². The van der Waals surface area contributed by atoms with E-state index in [-0.39, 0.29) is 11.6 Å². The number of carbonyl (C=O) groups is 1. The number of hydrogen-bond acceptors (Lipinski definition) is 3. The molecular formula is C23H23F3N4O. The number of aryl methyl sites for hydroxylation is 1. The van der Waals surface area contributed by atoms with E-state index >= 15 is 0 Å². The van der Waals surface area contributed by atoms with Gasteiger partial charge in [0.15, 0.2) is 0 Å². The maximum absolute atomic E-state index is 13.4. The van der Waals surface area contributed by atoms with E-state index in [1.165, 1.54) is 12.1 Å². The van der Waals surface area contributed by atoms with Crippen LogP contribution in [0.2, 0.25) is 0 Å². The van der Waals surface area contributed by atoms with Gasteiger partial charge < -0.3 is 9.80 Å². The molecule has 8 heteroatoms. The summed E-state index contributed by atoms with van der Waals surface area (Å²) in [6.07, 6.45) is -4.41. The monoisotopic (exact) mass is 428 g/mol. The van der Waals surface area contributed by atoms with Crippen molar-refractivity contribution in [2.75, 3.05) is 31.1 Å². The van der Waals surface area contributed by atoms with Crippen molar-refractivity contribution in [3.63, 3.8) is 0 Å². The third kappa shape index (κ3) is 4.02. The van der Waals surface area contributed by atoms with E-state index in [1.54, 1.807) is 27.5 Å². The fraction of sp³-hybridized carbons (Fsp3) is 0.304. The predicted octanol–water partition coefficient (Wildman–Crippen LogP) is 4.47. The highest BCUT2D eigenvalue weighted by atomic mass is 19.4. The number of rotatable bonds is 3. The summed E-state index contributed by atoms with van der Waals surface area (Å²) < 4.78 is 41.8. The highest BCUT2D eigenvalue weighted by Gasteiger charge is 2.35. The van der Waals surface area contributed by atoms with Gasteiger partial charge in [-0.05, 0) is 38.1 Å². The van der Waals surface area contributed by atoms with Crippen LogP contribution in [0.25, 0.3) is 5.69 Å². The topological polar surface area (TPSA) is 41.4 Å². The summed E-state index contributed by atoms with van der Waals surface area (Å²) in [6, 6.07) is 15.1. The van der Waals surface area contributed by atoms with Crippen LogP contribution in [0, 0.1) is 13.8 Å². The summed E-state index contributed by atoms with van der Waals surface area (Å²) in [7, 11) is 0. The van der Waals surface area contributed by atoms with E-state index in [1.807, 2.05) is 37.3 Å². The molecule has 4 rings (SSSR count). The lowest BCUT2D eigenvalue weighted by atomic mass is 10.1. The summed E-state index contributed by atoms with van der Waals surface area (Å²) in [6.45, 7) is 5.03. The van der Waals surface area contributed by atoms with Crippen LogP contribution in [0.5, 0.6) is 0 Å². The lowest BCUT2D eigenvalue weighted by Gasteiger charge is -2.37. The number of para-hydroxylation sites is 2. The number of aromatic nitrogens is 2. The molecule has 0 atom stereocenters. The van der Waals surface area contributed by atoms with Crippen LogP contribution < -0.4 is 4.90 Å². The molecule has 0 saturated carbocycles. The van der Waals surface area contributed by atoms with Crippen molar-refractivity contribution in [3.8, 4) is 5.69 Å². The highest BCUT2D eigenvalue weighted by Crippen LogP contribution is 2.36. The number of halogens is 3. The molecule has 0 bridgehead atoms. The summed E-state index contributed by atoms with van der Waals surface area (Å²) >= 11 is 0. The van der Waals surface area contributed by atoms with E-state index < -0.39 is 11.7 Å². The Labute approximate surface area is 178 Å². The summed E-state index contributed by atoms with van der Waals surface area (Å²) in [5, 5.41) is 4.53. The number of hydrogen-bond donors (Lipinski definition) is 0. The maximum atomic E-state index is 13.4. The van der Waals surface area contributed by atoms with Gasteiger partial charge in [-0.1, -0.05) is 30.3 Å². The van der Waals surface area contributed by atoms with Gasteiger partial charge >= 0.3 is 6.18 Å². The van der Waals surface area contributed by atoms with Gasteiger partial charge in [0.25, 0.3) is 5.91 Å². The summed E-state index contributed by atoms with van der Waals surface area (Å²) in [5.41, 5.74) is 2.32. The van der Waals surface area contributed by atoms with Gasteiger partial charge in [0.05, 0.1) is 28.2 Å². The first-order chi connectivity index (χ1) is 14.8. The first-order valence-corrected chi connectivity index (χ1v) is 10.1. The molecule has 1 aliphatic rings. The molecule has 1 saturated heterocycles. The molecule has 31 heavy (non-hydrogen) atoms. The Balaban J connectivity index is 1.52. The minimum atomic E-state index is -4.41. The normalized spacial score (nSPS) is 14.7. The van der Waals surface area contributed by atoms with Crippen molar-refractivity contribution in [2.45, 2.75) is 20.0 Å². The van der Waals surface area contributed by atoms with Crippen LogP contribution in [-0.2, 0) is 6.18 Å². The summed E-state index contributed by atoms with van der Waals surface area (Å²) in [5.74, 6) is -0.138. The first kappa shape index (κ1) is 21.0. The molecule has 0 aliphatic carbocycles. The van der Waals surface area contributed by atoms with Crippen LogP contribution in [-0.4, -0.2) is 46.8 Å². The molecular weight excluding hydrogens is 405 g/mol. The van der Waals surface area contributed by atoms with Gasteiger partial charge in [-0.15, -0.1) is 0 Å². The number of piperazine rings is 1. The second-order valence-corrected chi connectivity index (χ2v) is 7.59. The third-order valence-corrected chi connectivity index (χ3v) is 5.62. The Kier molecular flexibility index (Phi) is 5.47. The Morgan fingerprint density at radius 2 is 1.52 bits per heavy atom. The highest BCUT2D eigenvalue weighted by molar-refractivity contribution is 5.96. The van der Waals surface area contributed by atoms with E-state index in [4.69, 9.17) is 0 Å². The number of benzene rings is 2. The number of carbonyl (C=O) groups excluding carboxylic acids is 1. The summed E-state index contributed by atoms with van der Waals surface area (Å²) in [4.78, 5) is 16.6. The number of amides is 1. The van der Waals surface area contributed by atoms with Crippen molar-refractivity contribution in [3.05, 3.63) is 77.1 Å². The van der Waals surface area contributed by atoms with Crippen LogP contribution in [0.3, 0.4) is 0 Å². The molecule has 0 N–H and O–H groups in total. The van der Waals surface area contributed by atoms with Gasteiger partial charge in [0.1, 0.15) is 0 Å². The Morgan fingerprint density at radius 3 is 2.16 bits per heavy atom. The second-order valence-electron chi connectivity index (χ2n) is 7.59. The molecule has 1 amide bonds. The zero-order chi connectivity index (χ0) is 22.2. The molecule has 3 aromatic rings. The van der Waals surface area contributed by atoms with Crippen LogP contribution in [0.1, 0.15) is 27.3 Å². The molecule has 0 unspecified atom stereocenters. The van der Waals surface area contributed by atoms with Crippen molar-refractivity contribution >= 4 is 11.6 Å². The quantitative estimate of drug-likeness (QED) is 0.618. The molecule has 0 spiro atoms. The molecule has 1 aliphatic heterocycles. The Hall–Kier alpha value is -3.29. The lowest BCUT2D eigenvalue weighted by Crippen LogP contribution is -2.49. The van der Waals surface area contributed by atoms with E-state index in [0.29, 0.717) is 37.4 Å². The van der Waals surface area contributed by atoms with Crippen LogP contribution in [0.15, 0.2) is 54.6 Å². The SMILES string of the molecule is Cc1nn(-c2ccccc2)c(C)c1C(=O)N1CCN(c2ccccc2C(F)(F)F)CC1. The molecule has 5 nitrogen and oxygen atoms in total. The predicted molar refractivity (Wildman–Crippen MR) is 113 cm³/mol. The third-order valence-electron chi connectivity index (χ3n) is 5.62. The largest absolute Gasteiger partial charge is 0.418 e. The van der Waals surface area contributed by atoms with Gasteiger partial charge in [0.2, 0.25) is 0 Å². The van der Waals surface area contributed by atoms with Crippen LogP contribution in [0.4, 0.5) is 18.9 Å². The Bertz CT molecular complexity index is 1080. The molecule has 162 valence electrons. The minimum absolute atomic E-state index is 0.138. The Morgan fingerprint density at radius 1 is 0.903 bits per heavy atom. The first-order valence-electron chi connectivity index (χ1n) is 10.1. The van der Waals surface area contributed by atoms with Gasteiger partial charge in [-0.3, -0.25) is 4.79 Å². The molecule has 2 aromatic carbocycles. The zero-order valence-electron chi connectivity index (χ0n) is 17.4.